The minimum absolute atomic E-state index is 0.0730. The van der Waals surface area contributed by atoms with E-state index in [2.05, 4.69) is 5.32 Å². The molecule has 0 saturated carbocycles. The monoisotopic (exact) mass is 455 g/mol. The zero-order valence-electron chi connectivity index (χ0n) is 18.6. The van der Waals surface area contributed by atoms with Crippen molar-refractivity contribution in [2.75, 3.05) is 25.0 Å². The molecular formula is C25H30ClN3O3. The maximum atomic E-state index is 13.4. The average molecular weight is 456 g/mol. The molecule has 3 amide bonds. The lowest BCUT2D eigenvalue weighted by molar-refractivity contribution is -0.142. The van der Waals surface area contributed by atoms with E-state index in [4.69, 9.17) is 11.6 Å². The molecule has 2 aromatic rings. The number of carbonyl (C=O) groups excluding carboxylic acids is 3. The number of amides is 3. The van der Waals surface area contributed by atoms with Gasteiger partial charge in [-0.25, -0.2) is 0 Å². The minimum Gasteiger partial charge on any atom is -0.338 e. The fourth-order valence-corrected chi connectivity index (χ4v) is 4.14. The van der Waals surface area contributed by atoms with E-state index < -0.39 is 6.04 Å². The van der Waals surface area contributed by atoms with Gasteiger partial charge in [0.05, 0.1) is 5.92 Å². The Morgan fingerprint density at radius 1 is 1.12 bits per heavy atom. The number of benzene rings is 2. The van der Waals surface area contributed by atoms with Crippen LogP contribution in [0.1, 0.15) is 43.5 Å². The quantitative estimate of drug-likeness (QED) is 0.670. The molecule has 3 rings (SSSR count). The third-order valence-corrected chi connectivity index (χ3v) is 6.04. The van der Waals surface area contributed by atoms with Gasteiger partial charge in [-0.1, -0.05) is 36.7 Å². The third-order valence-electron chi connectivity index (χ3n) is 5.78. The van der Waals surface area contributed by atoms with Crippen LogP contribution in [0.25, 0.3) is 0 Å². The number of carbonyl (C=O) groups is 3. The number of piperidine rings is 1. The first kappa shape index (κ1) is 23.8. The van der Waals surface area contributed by atoms with E-state index in [0.29, 0.717) is 42.3 Å². The molecule has 1 fully saturated rings. The number of anilines is 1. The second-order valence-electron chi connectivity index (χ2n) is 8.16. The summed E-state index contributed by atoms with van der Waals surface area (Å²) in [7, 11) is 0. The van der Waals surface area contributed by atoms with Crippen molar-refractivity contribution in [2.45, 2.75) is 39.2 Å². The van der Waals surface area contributed by atoms with Gasteiger partial charge in [0.1, 0.15) is 6.04 Å². The predicted molar refractivity (Wildman–Crippen MR) is 127 cm³/mol. The first-order valence-electron chi connectivity index (χ1n) is 11.1. The fourth-order valence-electron chi connectivity index (χ4n) is 4.02. The van der Waals surface area contributed by atoms with Gasteiger partial charge < -0.3 is 15.1 Å². The number of halogens is 1. The summed E-state index contributed by atoms with van der Waals surface area (Å²) >= 11 is 5.93. The molecular weight excluding hydrogens is 426 g/mol. The Labute approximate surface area is 194 Å². The Morgan fingerprint density at radius 3 is 2.47 bits per heavy atom. The lowest BCUT2D eigenvalue weighted by atomic mass is 9.95. The zero-order chi connectivity index (χ0) is 23.1. The Balaban J connectivity index is 1.68. The van der Waals surface area contributed by atoms with Gasteiger partial charge in [0.15, 0.2) is 0 Å². The van der Waals surface area contributed by atoms with Crippen molar-refractivity contribution in [1.82, 2.24) is 9.80 Å². The van der Waals surface area contributed by atoms with E-state index in [1.165, 1.54) is 0 Å². The molecule has 2 aromatic carbocycles. The fraction of sp³-hybridized carbons (Fsp3) is 0.400. The third kappa shape index (κ3) is 5.88. The number of hydrogen-bond donors (Lipinski definition) is 1. The van der Waals surface area contributed by atoms with Crippen LogP contribution in [0.4, 0.5) is 5.69 Å². The van der Waals surface area contributed by atoms with E-state index in [1.807, 2.05) is 37.3 Å². The van der Waals surface area contributed by atoms with Crippen LogP contribution in [0.5, 0.6) is 0 Å². The number of rotatable bonds is 7. The van der Waals surface area contributed by atoms with Gasteiger partial charge in [-0.3, -0.25) is 14.4 Å². The van der Waals surface area contributed by atoms with Crippen LogP contribution in [0.15, 0.2) is 54.6 Å². The lowest BCUT2D eigenvalue weighted by Gasteiger charge is -2.37. The van der Waals surface area contributed by atoms with Gasteiger partial charge in [0.25, 0.3) is 5.91 Å². The number of likely N-dealkylation sites (tertiary alicyclic amines) is 1. The summed E-state index contributed by atoms with van der Waals surface area (Å²) in [5, 5.41) is 3.46. The molecule has 6 nitrogen and oxygen atoms in total. The highest BCUT2D eigenvalue weighted by Crippen LogP contribution is 2.23. The molecule has 7 heteroatoms. The van der Waals surface area contributed by atoms with Gasteiger partial charge in [0, 0.05) is 35.9 Å². The van der Waals surface area contributed by atoms with Crippen molar-refractivity contribution in [1.29, 1.82) is 0 Å². The Bertz CT molecular complexity index is 933. The van der Waals surface area contributed by atoms with Crippen LogP contribution < -0.4 is 5.32 Å². The van der Waals surface area contributed by atoms with Crippen LogP contribution in [-0.2, 0) is 9.59 Å². The Hall–Kier alpha value is -2.86. The maximum absolute atomic E-state index is 13.4. The molecule has 0 spiro atoms. The van der Waals surface area contributed by atoms with E-state index in [1.54, 1.807) is 41.0 Å². The summed E-state index contributed by atoms with van der Waals surface area (Å²) in [6.45, 7) is 5.20. The van der Waals surface area contributed by atoms with E-state index in [0.717, 1.165) is 12.8 Å². The number of hydrogen-bond acceptors (Lipinski definition) is 3. The zero-order valence-corrected chi connectivity index (χ0v) is 19.3. The SMILES string of the molecule is CCCN(C(=O)C1CCCN(C(=O)c2ccc(Cl)cc2)C1)C(C)C(=O)Nc1ccccc1. The van der Waals surface area contributed by atoms with Crippen LogP contribution >= 0.6 is 11.6 Å². The molecule has 1 heterocycles. The van der Waals surface area contributed by atoms with Gasteiger partial charge >= 0.3 is 0 Å². The molecule has 32 heavy (non-hydrogen) atoms. The highest BCUT2D eigenvalue weighted by molar-refractivity contribution is 6.30. The normalized spacial score (nSPS) is 16.8. The lowest BCUT2D eigenvalue weighted by Crippen LogP contribution is -2.52. The summed E-state index contributed by atoms with van der Waals surface area (Å²) in [6, 6.07) is 15.4. The van der Waals surface area contributed by atoms with Crippen molar-refractivity contribution in [3.8, 4) is 0 Å². The van der Waals surface area contributed by atoms with Crippen molar-refractivity contribution in [3.63, 3.8) is 0 Å². The van der Waals surface area contributed by atoms with Crippen molar-refractivity contribution in [3.05, 3.63) is 65.2 Å². The van der Waals surface area contributed by atoms with Crippen LogP contribution in [-0.4, -0.2) is 53.2 Å². The van der Waals surface area contributed by atoms with Gasteiger partial charge in [0.2, 0.25) is 11.8 Å². The maximum Gasteiger partial charge on any atom is 0.253 e. The van der Waals surface area contributed by atoms with E-state index in [9.17, 15) is 14.4 Å². The van der Waals surface area contributed by atoms with Crippen LogP contribution in [0, 0.1) is 5.92 Å². The summed E-state index contributed by atoms with van der Waals surface area (Å²) in [6.07, 6.45) is 2.20. The molecule has 1 aliphatic heterocycles. The smallest absolute Gasteiger partial charge is 0.253 e. The average Bonchev–Trinajstić information content (AvgIpc) is 2.82. The number of nitrogens with one attached hydrogen (secondary N) is 1. The second-order valence-corrected chi connectivity index (χ2v) is 8.60. The molecule has 0 aromatic heterocycles. The molecule has 0 aliphatic carbocycles. The largest absolute Gasteiger partial charge is 0.338 e. The Morgan fingerprint density at radius 2 is 1.81 bits per heavy atom. The summed E-state index contributed by atoms with van der Waals surface area (Å²) < 4.78 is 0. The predicted octanol–water partition coefficient (Wildman–Crippen LogP) is 4.46. The van der Waals surface area contributed by atoms with Gasteiger partial charge in [-0.2, -0.15) is 0 Å². The van der Waals surface area contributed by atoms with E-state index in [-0.39, 0.29) is 23.6 Å². The molecule has 1 N–H and O–H groups in total. The molecule has 0 radical (unpaired) electrons. The van der Waals surface area contributed by atoms with Crippen molar-refractivity contribution >= 4 is 35.0 Å². The first-order chi connectivity index (χ1) is 15.4. The highest BCUT2D eigenvalue weighted by atomic mass is 35.5. The molecule has 2 atom stereocenters. The van der Waals surface area contributed by atoms with Gasteiger partial charge in [-0.05, 0) is 62.6 Å². The first-order valence-corrected chi connectivity index (χ1v) is 11.5. The molecule has 0 bridgehead atoms. The minimum atomic E-state index is -0.606. The number of nitrogens with zero attached hydrogens (tertiary/aromatic N) is 2. The summed E-state index contributed by atoms with van der Waals surface area (Å²) in [5.74, 6) is -0.714. The molecule has 170 valence electrons. The standard InChI is InChI=1S/C25H30ClN3O3/c1-3-15-29(18(2)23(30)27-22-9-5-4-6-10-22)25(32)20-8-7-16-28(17-20)24(31)19-11-13-21(26)14-12-19/h4-6,9-14,18,20H,3,7-8,15-17H2,1-2H3,(H,27,30). The number of para-hydroxylation sites is 1. The molecule has 2 unspecified atom stereocenters. The second kappa shape index (κ2) is 11.1. The van der Waals surface area contributed by atoms with E-state index >= 15 is 0 Å². The highest BCUT2D eigenvalue weighted by Gasteiger charge is 2.34. The van der Waals surface area contributed by atoms with Crippen LogP contribution in [0.3, 0.4) is 0 Å². The topological polar surface area (TPSA) is 69.7 Å². The summed E-state index contributed by atoms with van der Waals surface area (Å²) in [5.41, 5.74) is 1.26. The van der Waals surface area contributed by atoms with Gasteiger partial charge in [-0.15, -0.1) is 0 Å². The Kier molecular flexibility index (Phi) is 8.28. The summed E-state index contributed by atoms with van der Waals surface area (Å²) in [4.78, 5) is 42.5. The van der Waals surface area contributed by atoms with Crippen molar-refractivity contribution in [2.24, 2.45) is 5.92 Å². The van der Waals surface area contributed by atoms with Crippen LogP contribution in [0.2, 0.25) is 5.02 Å². The molecule has 1 saturated heterocycles. The van der Waals surface area contributed by atoms with Crippen molar-refractivity contribution < 1.29 is 14.4 Å². The molecule has 1 aliphatic rings.